The summed E-state index contributed by atoms with van der Waals surface area (Å²) in [6.45, 7) is 0. The predicted octanol–water partition coefficient (Wildman–Crippen LogP) is 3.58. The fourth-order valence-corrected chi connectivity index (χ4v) is 2.04. The van der Waals surface area contributed by atoms with Gasteiger partial charge in [-0.1, -0.05) is 24.3 Å². The zero-order valence-electron chi connectivity index (χ0n) is 7.77. The summed E-state index contributed by atoms with van der Waals surface area (Å²) in [6.07, 6.45) is 0. The SMILES string of the molecule is Oc1cccc2c1oc1c(S)cccc12. The maximum Gasteiger partial charge on any atom is 0.177 e. The lowest BCUT2D eigenvalue weighted by atomic mass is 10.1. The van der Waals surface area contributed by atoms with Crippen molar-refractivity contribution in [2.75, 3.05) is 0 Å². The Kier molecular flexibility index (Phi) is 1.70. The fourth-order valence-electron chi connectivity index (χ4n) is 1.79. The first-order valence-electron chi connectivity index (χ1n) is 4.59. The van der Waals surface area contributed by atoms with Gasteiger partial charge in [-0.3, -0.25) is 0 Å². The van der Waals surface area contributed by atoms with Crippen molar-refractivity contribution in [2.45, 2.75) is 4.90 Å². The monoisotopic (exact) mass is 216 g/mol. The molecule has 15 heavy (non-hydrogen) atoms. The third kappa shape index (κ3) is 1.13. The van der Waals surface area contributed by atoms with Crippen LogP contribution < -0.4 is 0 Å². The molecular weight excluding hydrogens is 208 g/mol. The Balaban J connectivity index is 2.63. The van der Waals surface area contributed by atoms with Crippen molar-refractivity contribution in [3.63, 3.8) is 0 Å². The number of fused-ring (bicyclic) bond motifs is 3. The van der Waals surface area contributed by atoms with E-state index < -0.39 is 0 Å². The minimum Gasteiger partial charge on any atom is -0.504 e. The minimum atomic E-state index is 0.163. The number of thiol groups is 1. The molecule has 0 aliphatic heterocycles. The Morgan fingerprint density at radius 1 is 0.933 bits per heavy atom. The molecular formula is C12H8O2S. The van der Waals surface area contributed by atoms with Crippen LogP contribution in [0.15, 0.2) is 45.7 Å². The first-order chi connectivity index (χ1) is 7.27. The molecule has 0 saturated heterocycles. The van der Waals surface area contributed by atoms with Crippen molar-refractivity contribution in [2.24, 2.45) is 0 Å². The highest BCUT2D eigenvalue weighted by Gasteiger charge is 2.10. The van der Waals surface area contributed by atoms with Crippen molar-refractivity contribution in [1.29, 1.82) is 0 Å². The van der Waals surface area contributed by atoms with Gasteiger partial charge in [0.25, 0.3) is 0 Å². The van der Waals surface area contributed by atoms with Crippen molar-refractivity contribution >= 4 is 34.6 Å². The topological polar surface area (TPSA) is 33.4 Å². The molecule has 74 valence electrons. The average Bonchev–Trinajstić information content (AvgIpc) is 2.60. The summed E-state index contributed by atoms with van der Waals surface area (Å²) in [4.78, 5) is 0.781. The minimum absolute atomic E-state index is 0.163. The van der Waals surface area contributed by atoms with Crippen LogP contribution in [0, 0.1) is 0 Å². The summed E-state index contributed by atoms with van der Waals surface area (Å²) in [5, 5.41) is 11.5. The molecule has 0 unspecified atom stereocenters. The molecule has 0 spiro atoms. The Bertz CT molecular complexity index is 599. The van der Waals surface area contributed by atoms with Crippen LogP contribution in [0.2, 0.25) is 0 Å². The van der Waals surface area contributed by atoms with Gasteiger partial charge in [-0.15, -0.1) is 12.6 Å². The van der Waals surface area contributed by atoms with Crippen LogP contribution in [0.1, 0.15) is 0 Å². The molecule has 0 amide bonds. The predicted molar refractivity (Wildman–Crippen MR) is 62.6 cm³/mol. The van der Waals surface area contributed by atoms with Gasteiger partial charge < -0.3 is 9.52 Å². The molecule has 0 saturated carbocycles. The Morgan fingerprint density at radius 3 is 2.40 bits per heavy atom. The second-order valence-corrected chi connectivity index (χ2v) is 3.89. The van der Waals surface area contributed by atoms with Crippen LogP contribution in [0.25, 0.3) is 21.9 Å². The molecule has 0 radical (unpaired) electrons. The molecule has 1 N–H and O–H groups in total. The van der Waals surface area contributed by atoms with Crippen LogP contribution in [0.4, 0.5) is 0 Å². The molecule has 1 heterocycles. The van der Waals surface area contributed by atoms with E-state index in [4.69, 9.17) is 4.42 Å². The molecule has 1 aromatic heterocycles. The molecule has 3 heteroatoms. The van der Waals surface area contributed by atoms with Gasteiger partial charge in [0.2, 0.25) is 0 Å². The van der Waals surface area contributed by atoms with E-state index in [0.29, 0.717) is 5.58 Å². The number of hydrogen-bond donors (Lipinski definition) is 2. The van der Waals surface area contributed by atoms with Gasteiger partial charge in [-0.05, 0) is 12.1 Å². The number of para-hydroxylation sites is 2. The third-order valence-corrected chi connectivity index (χ3v) is 2.83. The molecule has 0 bridgehead atoms. The van der Waals surface area contributed by atoms with Crippen molar-refractivity contribution in [3.8, 4) is 5.75 Å². The Hall–Kier alpha value is -1.61. The lowest BCUT2D eigenvalue weighted by molar-refractivity contribution is 0.468. The van der Waals surface area contributed by atoms with E-state index in [1.807, 2.05) is 24.3 Å². The second kappa shape index (κ2) is 2.94. The van der Waals surface area contributed by atoms with Crippen molar-refractivity contribution in [1.82, 2.24) is 0 Å². The quantitative estimate of drug-likeness (QED) is 0.563. The van der Waals surface area contributed by atoms with E-state index in [1.165, 1.54) is 0 Å². The molecule has 0 atom stereocenters. The molecule has 3 rings (SSSR count). The molecule has 3 aromatic rings. The summed E-state index contributed by atoms with van der Waals surface area (Å²) in [7, 11) is 0. The smallest absolute Gasteiger partial charge is 0.177 e. The Morgan fingerprint density at radius 2 is 1.60 bits per heavy atom. The van der Waals surface area contributed by atoms with E-state index in [1.54, 1.807) is 12.1 Å². The largest absolute Gasteiger partial charge is 0.504 e. The molecule has 2 aromatic carbocycles. The zero-order valence-corrected chi connectivity index (χ0v) is 8.66. The molecule has 2 nitrogen and oxygen atoms in total. The summed E-state index contributed by atoms with van der Waals surface area (Å²) in [6, 6.07) is 11.1. The first-order valence-corrected chi connectivity index (χ1v) is 5.04. The normalized spacial score (nSPS) is 11.3. The summed E-state index contributed by atoms with van der Waals surface area (Å²) in [5.74, 6) is 0.163. The van der Waals surface area contributed by atoms with E-state index in [9.17, 15) is 5.11 Å². The van der Waals surface area contributed by atoms with Gasteiger partial charge in [-0.25, -0.2) is 0 Å². The van der Waals surface area contributed by atoms with Crippen LogP contribution in [-0.2, 0) is 0 Å². The third-order valence-electron chi connectivity index (χ3n) is 2.48. The lowest BCUT2D eigenvalue weighted by Crippen LogP contribution is -1.67. The first kappa shape index (κ1) is 8.68. The van der Waals surface area contributed by atoms with Crippen molar-refractivity contribution < 1.29 is 9.52 Å². The standard InChI is InChI=1S/C12H8O2S/c13-9-5-1-3-7-8-4-2-6-10(15)12(8)14-11(7)9/h1-6,13,15H. The van der Waals surface area contributed by atoms with E-state index >= 15 is 0 Å². The van der Waals surface area contributed by atoms with Gasteiger partial charge >= 0.3 is 0 Å². The average molecular weight is 216 g/mol. The highest BCUT2D eigenvalue weighted by atomic mass is 32.1. The number of aromatic hydroxyl groups is 1. The summed E-state index contributed by atoms with van der Waals surface area (Å²) in [5.41, 5.74) is 1.24. The fraction of sp³-hybridized carbons (Fsp3) is 0. The number of benzene rings is 2. The van der Waals surface area contributed by atoms with Gasteiger partial charge in [0.15, 0.2) is 11.3 Å². The maximum absolute atomic E-state index is 9.64. The molecule has 0 aliphatic carbocycles. The van der Waals surface area contributed by atoms with Crippen LogP contribution in [-0.4, -0.2) is 5.11 Å². The van der Waals surface area contributed by atoms with Gasteiger partial charge in [0.1, 0.15) is 5.58 Å². The van der Waals surface area contributed by atoms with Gasteiger partial charge in [0.05, 0.1) is 0 Å². The van der Waals surface area contributed by atoms with Gasteiger partial charge in [-0.2, -0.15) is 0 Å². The van der Waals surface area contributed by atoms with E-state index in [0.717, 1.165) is 21.3 Å². The Labute approximate surface area is 91.5 Å². The van der Waals surface area contributed by atoms with E-state index in [2.05, 4.69) is 12.6 Å². The van der Waals surface area contributed by atoms with Crippen LogP contribution >= 0.6 is 12.6 Å². The maximum atomic E-state index is 9.64. The van der Waals surface area contributed by atoms with Crippen LogP contribution in [0.5, 0.6) is 5.75 Å². The highest BCUT2D eigenvalue weighted by Crippen LogP contribution is 2.36. The lowest BCUT2D eigenvalue weighted by Gasteiger charge is -1.91. The number of hydrogen-bond acceptors (Lipinski definition) is 3. The van der Waals surface area contributed by atoms with E-state index in [-0.39, 0.29) is 5.75 Å². The number of phenols is 1. The van der Waals surface area contributed by atoms with Gasteiger partial charge in [0, 0.05) is 15.7 Å². The number of rotatable bonds is 0. The molecule has 0 fully saturated rings. The van der Waals surface area contributed by atoms with Crippen molar-refractivity contribution in [3.05, 3.63) is 36.4 Å². The molecule has 0 aliphatic rings. The summed E-state index contributed by atoms with van der Waals surface area (Å²) >= 11 is 4.32. The van der Waals surface area contributed by atoms with Crippen LogP contribution in [0.3, 0.4) is 0 Å². The summed E-state index contributed by atoms with van der Waals surface area (Å²) < 4.78 is 5.59. The zero-order chi connectivity index (χ0) is 10.4. The number of phenolic OH excluding ortho intramolecular Hbond substituents is 1. The second-order valence-electron chi connectivity index (χ2n) is 3.41. The number of furan rings is 1. The highest BCUT2D eigenvalue weighted by molar-refractivity contribution is 7.80.